The van der Waals surface area contributed by atoms with E-state index in [4.69, 9.17) is 9.97 Å². The molecule has 0 atom stereocenters. The van der Waals surface area contributed by atoms with Crippen molar-refractivity contribution >= 4 is 16.9 Å². The van der Waals surface area contributed by atoms with Gasteiger partial charge in [0.25, 0.3) is 0 Å². The van der Waals surface area contributed by atoms with Gasteiger partial charge in [0.2, 0.25) is 5.95 Å². The molecule has 0 saturated carbocycles. The zero-order valence-electron chi connectivity index (χ0n) is 13.7. The van der Waals surface area contributed by atoms with Crippen molar-refractivity contribution in [2.24, 2.45) is 0 Å². The van der Waals surface area contributed by atoms with E-state index in [9.17, 15) is 0 Å². The number of fused-ring (bicyclic) bond motifs is 5. The standard InChI is InChI=1S/C19H21N5/c1-2-18-15(3-6-20-18)11-14(1)16-12-21-19(22-13-16)24-10-9-23-7-4-17(24)5-8-23/h1-3,6,11-13,17,20H,4-5,7-10H2. The van der Waals surface area contributed by atoms with Crippen LogP contribution >= 0.6 is 0 Å². The fourth-order valence-electron chi connectivity index (χ4n) is 4.00. The van der Waals surface area contributed by atoms with E-state index in [-0.39, 0.29) is 0 Å². The van der Waals surface area contributed by atoms with Gasteiger partial charge in [0.05, 0.1) is 0 Å². The third-order valence-corrected chi connectivity index (χ3v) is 5.44. The first kappa shape index (κ1) is 14.0. The van der Waals surface area contributed by atoms with Crippen LogP contribution in [-0.2, 0) is 0 Å². The van der Waals surface area contributed by atoms with Crippen LogP contribution in [0.3, 0.4) is 0 Å². The minimum absolute atomic E-state index is 0.603. The first-order valence-corrected chi connectivity index (χ1v) is 8.75. The SMILES string of the molecule is c1cc2cc(-c3cnc(N4CCN5CCC4CC5)nc3)ccc2[nH]1. The summed E-state index contributed by atoms with van der Waals surface area (Å²) >= 11 is 0. The summed E-state index contributed by atoms with van der Waals surface area (Å²) in [5, 5.41) is 1.22. The van der Waals surface area contributed by atoms with E-state index in [1.165, 1.54) is 31.3 Å². The Morgan fingerprint density at radius 1 is 0.917 bits per heavy atom. The zero-order valence-corrected chi connectivity index (χ0v) is 13.7. The van der Waals surface area contributed by atoms with Crippen molar-refractivity contribution in [3.05, 3.63) is 42.9 Å². The second-order valence-electron chi connectivity index (χ2n) is 6.82. The van der Waals surface area contributed by atoms with Crippen LogP contribution in [0.2, 0.25) is 0 Å². The summed E-state index contributed by atoms with van der Waals surface area (Å²) in [6, 6.07) is 9.12. The maximum Gasteiger partial charge on any atom is 0.225 e. The molecule has 3 aromatic rings. The van der Waals surface area contributed by atoms with E-state index in [0.29, 0.717) is 6.04 Å². The van der Waals surface area contributed by atoms with Gasteiger partial charge in [-0.05, 0) is 42.0 Å². The minimum atomic E-state index is 0.603. The summed E-state index contributed by atoms with van der Waals surface area (Å²) in [7, 11) is 0. The second-order valence-corrected chi connectivity index (χ2v) is 6.82. The largest absolute Gasteiger partial charge is 0.361 e. The smallest absolute Gasteiger partial charge is 0.225 e. The number of hydrogen-bond donors (Lipinski definition) is 1. The fraction of sp³-hybridized carbons (Fsp3) is 0.368. The van der Waals surface area contributed by atoms with Crippen molar-refractivity contribution in [3.8, 4) is 11.1 Å². The molecule has 3 aliphatic rings. The van der Waals surface area contributed by atoms with E-state index in [1.807, 2.05) is 18.6 Å². The first-order valence-electron chi connectivity index (χ1n) is 8.75. The van der Waals surface area contributed by atoms with Gasteiger partial charge in [0.15, 0.2) is 0 Å². The summed E-state index contributed by atoms with van der Waals surface area (Å²) in [5.41, 5.74) is 3.40. The molecule has 6 rings (SSSR count). The molecule has 5 heterocycles. The van der Waals surface area contributed by atoms with Gasteiger partial charge in [-0.3, -0.25) is 0 Å². The predicted molar refractivity (Wildman–Crippen MR) is 96.1 cm³/mol. The van der Waals surface area contributed by atoms with E-state index in [1.54, 1.807) is 0 Å². The maximum absolute atomic E-state index is 4.69. The Balaban J connectivity index is 1.44. The number of aromatic amines is 1. The third-order valence-electron chi connectivity index (χ3n) is 5.44. The lowest BCUT2D eigenvalue weighted by atomic mass is 10.1. The number of nitrogens with zero attached hydrogens (tertiary/aromatic N) is 4. The quantitative estimate of drug-likeness (QED) is 0.789. The number of anilines is 1. The van der Waals surface area contributed by atoms with Gasteiger partial charge >= 0.3 is 0 Å². The van der Waals surface area contributed by atoms with E-state index in [2.05, 4.69) is 39.0 Å². The van der Waals surface area contributed by atoms with Gasteiger partial charge < -0.3 is 14.8 Å². The highest BCUT2D eigenvalue weighted by Crippen LogP contribution is 2.26. The van der Waals surface area contributed by atoms with Gasteiger partial charge in [-0.15, -0.1) is 0 Å². The number of hydrogen-bond acceptors (Lipinski definition) is 4. The van der Waals surface area contributed by atoms with Crippen LogP contribution in [0.4, 0.5) is 5.95 Å². The molecule has 3 fully saturated rings. The molecule has 2 aromatic heterocycles. The molecule has 5 nitrogen and oxygen atoms in total. The van der Waals surface area contributed by atoms with Gasteiger partial charge in [-0.1, -0.05) is 6.07 Å². The molecular formula is C19H21N5. The second kappa shape index (κ2) is 5.60. The van der Waals surface area contributed by atoms with Gasteiger partial charge in [-0.2, -0.15) is 0 Å². The molecule has 24 heavy (non-hydrogen) atoms. The fourth-order valence-corrected chi connectivity index (χ4v) is 4.00. The highest BCUT2D eigenvalue weighted by atomic mass is 15.3. The molecule has 1 N–H and O–H groups in total. The summed E-state index contributed by atoms with van der Waals surface area (Å²) < 4.78 is 0. The van der Waals surface area contributed by atoms with Crippen LogP contribution in [0.5, 0.6) is 0 Å². The lowest BCUT2D eigenvalue weighted by Crippen LogP contribution is -2.38. The van der Waals surface area contributed by atoms with Crippen LogP contribution in [0.1, 0.15) is 12.8 Å². The van der Waals surface area contributed by atoms with Crippen LogP contribution in [-0.4, -0.2) is 52.1 Å². The molecule has 0 unspecified atom stereocenters. The van der Waals surface area contributed by atoms with Crippen molar-refractivity contribution in [2.75, 3.05) is 31.1 Å². The zero-order chi connectivity index (χ0) is 15.9. The molecule has 3 aliphatic heterocycles. The Morgan fingerprint density at radius 2 is 1.75 bits per heavy atom. The number of piperidine rings is 1. The number of aromatic nitrogens is 3. The number of rotatable bonds is 2. The number of H-pyrrole nitrogens is 1. The lowest BCUT2D eigenvalue weighted by Gasteiger charge is -2.31. The van der Waals surface area contributed by atoms with E-state index in [0.717, 1.165) is 35.7 Å². The molecule has 3 saturated heterocycles. The molecular weight excluding hydrogens is 298 g/mol. The van der Waals surface area contributed by atoms with Crippen molar-refractivity contribution in [3.63, 3.8) is 0 Å². The first-order chi connectivity index (χ1) is 11.9. The monoisotopic (exact) mass is 319 g/mol. The topological polar surface area (TPSA) is 48.1 Å². The Bertz CT molecular complexity index is 846. The summed E-state index contributed by atoms with van der Waals surface area (Å²) in [5.74, 6) is 0.884. The summed E-state index contributed by atoms with van der Waals surface area (Å²) in [4.78, 5) is 17.6. The van der Waals surface area contributed by atoms with Gasteiger partial charge in [0.1, 0.15) is 0 Å². The van der Waals surface area contributed by atoms with E-state index < -0.39 is 0 Å². The van der Waals surface area contributed by atoms with Crippen LogP contribution in [0.15, 0.2) is 42.9 Å². The Morgan fingerprint density at radius 3 is 2.58 bits per heavy atom. The third kappa shape index (κ3) is 2.36. The summed E-state index contributed by atoms with van der Waals surface area (Å²) in [6.45, 7) is 4.61. The molecule has 0 aliphatic carbocycles. The lowest BCUT2D eigenvalue weighted by molar-refractivity contribution is 0.250. The van der Waals surface area contributed by atoms with Crippen LogP contribution in [0.25, 0.3) is 22.0 Å². The van der Waals surface area contributed by atoms with Crippen molar-refractivity contribution in [1.82, 2.24) is 19.9 Å². The Labute approximate surface area is 141 Å². The van der Waals surface area contributed by atoms with Crippen LogP contribution < -0.4 is 4.90 Å². The predicted octanol–water partition coefficient (Wildman–Crippen LogP) is 2.91. The molecule has 0 amide bonds. The normalized spacial score (nSPS) is 23.6. The molecule has 5 heteroatoms. The van der Waals surface area contributed by atoms with Gasteiger partial charge in [0, 0.05) is 61.9 Å². The minimum Gasteiger partial charge on any atom is -0.361 e. The summed E-state index contributed by atoms with van der Waals surface area (Å²) in [6.07, 6.45) is 8.37. The molecule has 1 aromatic carbocycles. The molecule has 122 valence electrons. The average Bonchev–Trinajstić information content (AvgIpc) is 2.91. The van der Waals surface area contributed by atoms with Crippen molar-refractivity contribution in [1.29, 1.82) is 0 Å². The number of nitrogens with one attached hydrogen (secondary N) is 1. The maximum atomic E-state index is 4.69. The van der Waals surface area contributed by atoms with E-state index >= 15 is 0 Å². The van der Waals surface area contributed by atoms with Crippen LogP contribution in [0, 0.1) is 0 Å². The highest BCUT2D eigenvalue weighted by Gasteiger charge is 2.30. The molecule has 0 radical (unpaired) electrons. The van der Waals surface area contributed by atoms with Crippen molar-refractivity contribution < 1.29 is 0 Å². The highest BCUT2D eigenvalue weighted by molar-refractivity contribution is 5.84. The molecule has 0 spiro atoms. The van der Waals surface area contributed by atoms with Crippen molar-refractivity contribution in [2.45, 2.75) is 18.9 Å². The van der Waals surface area contributed by atoms with Gasteiger partial charge in [-0.25, -0.2) is 9.97 Å². The number of benzene rings is 1. The Hall–Kier alpha value is -2.40. The average molecular weight is 319 g/mol. The molecule has 2 bridgehead atoms. The Kier molecular flexibility index (Phi) is 3.26.